The Morgan fingerprint density at radius 2 is 1.68 bits per heavy atom. The second-order valence-electron chi connectivity index (χ2n) is 8.74. The molecule has 2 bridgehead atoms. The van der Waals surface area contributed by atoms with E-state index in [1.807, 2.05) is 19.1 Å². The number of fused-ring (bicyclic) bond motifs is 8. The molecule has 0 spiro atoms. The fraction of sp³-hybridized carbons (Fsp3) is 0.364. The Hall–Kier alpha value is -3.62. The van der Waals surface area contributed by atoms with Gasteiger partial charge in [-0.2, -0.15) is 5.11 Å². The molecule has 9 nitrogen and oxygen atoms in total. The molecule has 2 amide bonds. The van der Waals surface area contributed by atoms with Crippen LogP contribution in [0, 0.1) is 40.7 Å². The Balaban J connectivity index is 1.36. The number of nitro groups is 1. The average molecular weight is 417 g/mol. The van der Waals surface area contributed by atoms with Gasteiger partial charge in [-0.15, -0.1) is 0 Å². The van der Waals surface area contributed by atoms with Crippen molar-refractivity contribution in [3.05, 3.63) is 64.2 Å². The molecular weight excluding hydrogens is 398 g/mol. The number of carbonyl (C=O) groups excluding carboxylic acids is 2. The molecular formula is C22H19N5O4. The minimum atomic E-state index is -0.436. The molecule has 1 saturated heterocycles. The molecule has 0 N–H and O–H groups in total. The van der Waals surface area contributed by atoms with Crippen molar-refractivity contribution in [2.75, 3.05) is 9.91 Å². The summed E-state index contributed by atoms with van der Waals surface area (Å²) in [6.07, 6.45) is 0.708. The lowest BCUT2D eigenvalue weighted by molar-refractivity contribution is -0.384. The van der Waals surface area contributed by atoms with Crippen molar-refractivity contribution >= 4 is 28.9 Å². The minimum Gasteiger partial charge on any atom is -0.274 e. The number of imide groups is 1. The monoisotopic (exact) mass is 417 g/mol. The van der Waals surface area contributed by atoms with E-state index in [1.165, 1.54) is 11.0 Å². The molecule has 2 aromatic carbocycles. The highest BCUT2D eigenvalue weighted by molar-refractivity contribution is 6.22. The van der Waals surface area contributed by atoms with Gasteiger partial charge in [0.2, 0.25) is 11.8 Å². The maximum Gasteiger partial charge on any atom is 0.294 e. The molecule has 2 heterocycles. The number of nitro benzene ring substituents is 1. The van der Waals surface area contributed by atoms with Gasteiger partial charge in [0.15, 0.2) is 0 Å². The van der Waals surface area contributed by atoms with Crippen LogP contribution in [0.5, 0.6) is 0 Å². The molecule has 0 radical (unpaired) electrons. The molecule has 9 heteroatoms. The zero-order valence-electron chi connectivity index (χ0n) is 16.7. The SMILES string of the molecule is Cc1ccc(N2C(=O)[C@@H]3[C@H]4C[C@@H]([C@@H]3C2=O)[C@@H]2[C@H]4N=NN2c2ccccc2[N+](=O)[O-])cc1. The predicted molar refractivity (Wildman–Crippen MR) is 110 cm³/mol. The first kappa shape index (κ1) is 18.2. The van der Waals surface area contributed by atoms with Gasteiger partial charge in [-0.05, 0) is 43.4 Å². The van der Waals surface area contributed by atoms with Gasteiger partial charge in [0.1, 0.15) is 5.69 Å². The van der Waals surface area contributed by atoms with Crippen LogP contribution in [0.2, 0.25) is 0 Å². The molecule has 156 valence electrons. The highest BCUT2D eigenvalue weighted by Gasteiger charge is 2.70. The van der Waals surface area contributed by atoms with Gasteiger partial charge >= 0.3 is 0 Å². The highest BCUT2D eigenvalue weighted by Crippen LogP contribution is 2.61. The number of hydrogen-bond acceptors (Lipinski definition) is 7. The number of benzene rings is 2. The van der Waals surface area contributed by atoms with Crippen molar-refractivity contribution < 1.29 is 14.5 Å². The molecule has 4 aliphatic rings. The lowest BCUT2D eigenvalue weighted by Crippen LogP contribution is -2.47. The number of carbonyl (C=O) groups is 2. The van der Waals surface area contributed by atoms with Crippen molar-refractivity contribution in [2.24, 2.45) is 34.0 Å². The number of para-hydroxylation sites is 2. The molecule has 2 aromatic rings. The summed E-state index contributed by atoms with van der Waals surface area (Å²) in [5.41, 5.74) is 1.98. The Kier molecular flexibility index (Phi) is 3.63. The van der Waals surface area contributed by atoms with Crippen molar-refractivity contribution in [1.82, 2.24) is 0 Å². The van der Waals surface area contributed by atoms with Crippen LogP contribution in [0.15, 0.2) is 58.9 Å². The quantitative estimate of drug-likeness (QED) is 0.433. The molecule has 2 saturated carbocycles. The van der Waals surface area contributed by atoms with E-state index >= 15 is 0 Å². The molecule has 31 heavy (non-hydrogen) atoms. The van der Waals surface area contributed by atoms with E-state index in [-0.39, 0.29) is 41.4 Å². The molecule has 6 rings (SSSR count). The third-order valence-electron chi connectivity index (χ3n) is 7.27. The lowest BCUT2D eigenvalue weighted by Gasteiger charge is -2.33. The van der Waals surface area contributed by atoms with Crippen LogP contribution in [-0.2, 0) is 9.59 Å². The molecule has 0 unspecified atom stereocenters. The second-order valence-corrected chi connectivity index (χ2v) is 8.74. The second kappa shape index (κ2) is 6.19. The first-order valence-electron chi connectivity index (χ1n) is 10.4. The summed E-state index contributed by atoms with van der Waals surface area (Å²) in [4.78, 5) is 39.1. The van der Waals surface area contributed by atoms with Crippen molar-refractivity contribution in [3.63, 3.8) is 0 Å². The summed E-state index contributed by atoms with van der Waals surface area (Å²) in [6, 6.07) is 13.3. The number of aryl methyl sites for hydroxylation is 1. The minimum absolute atomic E-state index is 0.0449. The van der Waals surface area contributed by atoms with Crippen LogP contribution >= 0.6 is 0 Å². The number of nitrogens with zero attached hydrogens (tertiary/aromatic N) is 5. The van der Waals surface area contributed by atoms with E-state index in [1.54, 1.807) is 35.3 Å². The van der Waals surface area contributed by atoms with E-state index in [0.717, 1.165) is 5.56 Å². The summed E-state index contributed by atoms with van der Waals surface area (Å²) < 4.78 is 0. The van der Waals surface area contributed by atoms with E-state index < -0.39 is 16.8 Å². The third-order valence-corrected chi connectivity index (χ3v) is 7.27. The zero-order valence-corrected chi connectivity index (χ0v) is 16.7. The fourth-order valence-electron chi connectivity index (χ4n) is 6.05. The Morgan fingerprint density at radius 3 is 2.39 bits per heavy atom. The number of rotatable bonds is 3. The van der Waals surface area contributed by atoms with Gasteiger partial charge in [0.25, 0.3) is 5.69 Å². The van der Waals surface area contributed by atoms with Crippen molar-refractivity contribution in [2.45, 2.75) is 25.4 Å². The van der Waals surface area contributed by atoms with Crippen LogP contribution in [0.1, 0.15) is 12.0 Å². The molecule has 0 aromatic heterocycles. The smallest absolute Gasteiger partial charge is 0.274 e. The normalized spacial score (nSPS) is 32.7. The van der Waals surface area contributed by atoms with Crippen molar-refractivity contribution in [1.29, 1.82) is 0 Å². The Bertz CT molecular complexity index is 1160. The van der Waals surface area contributed by atoms with Gasteiger partial charge < -0.3 is 0 Å². The molecule has 2 aliphatic carbocycles. The number of amides is 2. The van der Waals surface area contributed by atoms with Gasteiger partial charge in [-0.25, -0.2) is 5.01 Å². The Morgan fingerprint density at radius 1 is 1.00 bits per heavy atom. The Labute approximate surface area is 177 Å². The first-order chi connectivity index (χ1) is 15.0. The maximum absolute atomic E-state index is 13.4. The summed E-state index contributed by atoms with van der Waals surface area (Å²) >= 11 is 0. The number of anilines is 2. The van der Waals surface area contributed by atoms with Gasteiger partial charge in [0, 0.05) is 6.07 Å². The lowest BCUT2D eigenvalue weighted by atomic mass is 9.76. The van der Waals surface area contributed by atoms with Crippen LogP contribution < -0.4 is 9.91 Å². The van der Waals surface area contributed by atoms with E-state index in [0.29, 0.717) is 17.8 Å². The molecule has 3 fully saturated rings. The average Bonchev–Trinajstić information content (AvgIpc) is 3.49. The summed E-state index contributed by atoms with van der Waals surface area (Å²) in [5, 5.41) is 21.8. The van der Waals surface area contributed by atoms with Crippen LogP contribution in [0.4, 0.5) is 17.1 Å². The third kappa shape index (κ3) is 2.31. The largest absolute Gasteiger partial charge is 0.294 e. The predicted octanol–water partition coefficient (Wildman–Crippen LogP) is 3.28. The van der Waals surface area contributed by atoms with Crippen molar-refractivity contribution in [3.8, 4) is 0 Å². The van der Waals surface area contributed by atoms with Crippen LogP contribution in [0.3, 0.4) is 0 Å². The topological polar surface area (TPSA) is 108 Å². The maximum atomic E-state index is 13.4. The summed E-state index contributed by atoms with van der Waals surface area (Å²) in [5.74, 6) is -1.38. The molecule has 6 atom stereocenters. The van der Waals surface area contributed by atoms with Gasteiger partial charge in [-0.3, -0.25) is 24.6 Å². The zero-order chi connectivity index (χ0) is 21.4. The van der Waals surface area contributed by atoms with E-state index in [4.69, 9.17) is 0 Å². The van der Waals surface area contributed by atoms with Crippen LogP contribution in [-0.4, -0.2) is 28.8 Å². The first-order valence-corrected chi connectivity index (χ1v) is 10.4. The fourth-order valence-corrected chi connectivity index (χ4v) is 6.05. The standard InChI is InChI=1S/C22H19N5O4/c1-11-6-8-12(9-7-11)25-21(28)17-13-10-14(18(17)22(25)29)20-19(13)23-24-26(20)15-4-2-3-5-16(15)27(30)31/h2-9,13-14,17-20H,10H2,1H3/t13-,14+,17-,18+,19+,20-/m1/s1. The van der Waals surface area contributed by atoms with Gasteiger partial charge in [-0.1, -0.05) is 35.1 Å². The number of hydrogen-bond donors (Lipinski definition) is 0. The highest BCUT2D eigenvalue weighted by atomic mass is 16.6. The van der Waals surface area contributed by atoms with E-state index in [2.05, 4.69) is 10.3 Å². The van der Waals surface area contributed by atoms with Crippen LogP contribution in [0.25, 0.3) is 0 Å². The summed E-state index contributed by atoms with van der Waals surface area (Å²) in [7, 11) is 0. The summed E-state index contributed by atoms with van der Waals surface area (Å²) in [6.45, 7) is 1.95. The molecule has 2 aliphatic heterocycles. The van der Waals surface area contributed by atoms with E-state index in [9.17, 15) is 19.7 Å². The van der Waals surface area contributed by atoms with Gasteiger partial charge in [0.05, 0.1) is 34.5 Å².